The Kier molecular flexibility index (Phi) is 3.19. The van der Waals surface area contributed by atoms with Crippen molar-refractivity contribution >= 4 is 24.1 Å². The molecule has 0 aliphatic carbocycles. The van der Waals surface area contributed by atoms with Crippen molar-refractivity contribution in [2.45, 2.75) is 0 Å². The van der Waals surface area contributed by atoms with Gasteiger partial charge in [0.2, 0.25) is 0 Å². The van der Waals surface area contributed by atoms with Gasteiger partial charge in [-0.25, -0.2) is 4.79 Å². The summed E-state index contributed by atoms with van der Waals surface area (Å²) in [5.41, 5.74) is 1.03. The molecule has 1 aromatic carbocycles. The second-order valence-electron chi connectivity index (χ2n) is 2.79. The lowest BCUT2D eigenvalue weighted by atomic mass is 10.2. The Morgan fingerprint density at radius 2 is 2.29 bits per heavy atom. The van der Waals surface area contributed by atoms with Crippen LogP contribution >= 0.6 is 12.4 Å². The maximum Gasteiger partial charge on any atom is 0.335 e. The van der Waals surface area contributed by atoms with Crippen LogP contribution in [-0.2, 0) is 0 Å². The zero-order chi connectivity index (χ0) is 9.26. The Morgan fingerprint density at radius 1 is 1.50 bits per heavy atom. The zero-order valence-corrected chi connectivity index (χ0v) is 8.13. The summed E-state index contributed by atoms with van der Waals surface area (Å²) in [5.74, 6) is -0.202. The van der Waals surface area contributed by atoms with Gasteiger partial charge in [0.05, 0.1) is 11.3 Å². The van der Waals surface area contributed by atoms with Gasteiger partial charge in [-0.1, -0.05) is 0 Å². The van der Waals surface area contributed by atoms with Crippen LogP contribution in [0.3, 0.4) is 0 Å². The summed E-state index contributed by atoms with van der Waals surface area (Å²) >= 11 is 0. The molecule has 76 valence electrons. The number of halogens is 1. The predicted molar refractivity (Wildman–Crippen MR) is 54.6 cm³/mol. The van der Waals surface area contributed by atoms with Crippen LogP contribution in [0.4, 0.5) is 5.69 Å². The molecule has 0 atom stereocenters. The van der Waals surface area contributed by atoms with Crippen molar-refractivity contribution in [3.8, 4) is 5.75 Å². The molecule has 1 aliphatic heterocycles. The van der Waals surface area contributed by atoms with Crippen LogP contribution < -0.4 is 10.1 Å². The number of hydrogen-bond acceptors (Lipinski definition) is 3. The SMILES string of the molecule is Cl.O=C(O)c1ccc2c(c1)NCCO2. The lowest BCUT2D eigenvalue weighted by Gasteiger charge is -2.18. The van der Waals surface area contributed by atoms with Crippen LogP contribution in [0.5, 0.6) is 5.75 Å². The monoisotopic (exact) mass is 215 g/mol. The Bertz CT molecular complexity index is 354. The van der Waals surface area contributed by atoms with Crippen molar-refractivity contribution in [1.82, 2.24) is 0 Å². The number of anilines is 1. The molecule has 4 nitrogen and oxygen atoms in total. The molecule has 1 aliphatic rings. The Labute approximate surface area is 87.3 Å². The van der Waals surface area contributed by atoms with E-state index in [1.807, 2.05) is 0 Å². The number of hydrogen-bond donors (Lipinski definition) is 2. The fraction of sp³-hybridized carbons (Fsp3) is 0.222. The molecule has 0 fully saturated rings. The van der Waals surface area contributed by atoms with Crippen molar-refractivity contribution in [2.24, 2.45) is 0 Å². The van der Waals surface area contributed by atoms with E-state index in [1.165, 1.54) is 6.07 Å². The van der Waals surface area contributed by atoms with Crippen molar-refractivity contribution in [3.63, 3.8) is 0 Å². The highest BCUT2D eigenvalue weighted by molar-refractivity contribution is 5.89. The van der Waals surface area contributed by atoms with E-state index >= 15 is 0 Å². The highest BCUT2D eigenvalue weighted by Gasteiger charge is 2.11. The zero-order valence-electron chi connectivity index (χ0n) is 7.32. The van der Waals surface area contributed by atoms with Gasteiger partial charge in [-0.05, 0) is 18.2 Å². The van der Waals surface area contributed by atoms with Gasteiger partial charge in [-0.3, -0.25) is 0 Å². The van der Waals surface area contributed by atoms with Gasteiger partial charge in [0.15, 0.2) is 0 Å². The van der Waals surface area contributed by atoms with E-state index in [0.717, 1.165) is 18.0 Å². The van der Waals surface area contributed by atoms with Crippen LogP contribution in [0, 0.1) is 0 Å². The van der Waals surface area contributed by atoms with Gasteiger partial charge in [-0.15, -0.1) is 12.4 Å². The molecule has 0 spiro atoms. The molecule has 2 rings (SSSR count). The first kappa shape index (κ1) is 10.7. The van der Waals surface area contributed by atoms with Crippen molar-refractivity contribution in [2.75, 3.05) is 18.5 Å². The minimum atomic E-state index is -0.921. The topological polar surface area (TPSA) is 58.6 Å². The van der Waals surface area contributed by atoms with Gasteiger partial charge in [0.1, 0.15) is 12.4 Å². The first-order chi connectivity index (χ1) is 6.27. The van der Waals surface area contributed by atoms with Crippen molar-refractivity contribution in [3.05, 3.63) is 23.8 Å². The second-order valence-corrected chi connectivity index (χ2v) is 2.79. The minimum Gasteiger partial charge on any atom is -0.490 e. The fourth-order valence-electron chi connectivity index (χ4n) is 1.27. The molecular formula is C9H10ClNO3. The number of benzene rings is 1. The van der Waals surface area contributed by atoms with Gasteiger partial charge in [0, 0.05) is 6.54 Å². The van der Waals surface area contributed by atoms with Gasteiger partial charge in [0.25, 0.3) is 0 Å². The Hall–Kier alpha value is -1.42. The summed E-state index contributed by atoms with van der Waals surface area (Å²) in [6.07, 6.45) is 0. The normalized spacial score (nSPS) is 12.9. The first-order valence-corrected chi connectivity index (χ1v) is 4.01. The van der Waals surface area contributed by atoms with Crippen molar-refractivity contribution < 1.29 is 14.6 Å². The molecule has 0 saturated heterocycles. The van der Waals surface area contributed by atoms with Gasteiger partial charge in [-0.2, -0.15) is 0 Å². The molecule has 0 saturated carbocycles. The molecule has 0 amide bonds. The molecule has 2 N–H and O–H groups in total. The average molecular weight is 216 g/mol. The third kappa shape index (κ3) is 1.90. The lowest BCUT2D eigenvalue weighted by Crippen LogP contribution is -2.18. The van der Waals surface area contributed by atoms with E-state index in [2.05, 4.69) is 5.32 Å². The predicted octanol–water partition coefficient (Wildman–Crippen LogP) is 1.61. The third-order valence-electron chi connectivity index (χ3n) is 1.90. The number of ether oxygens (including phenoxy) is 1. The quantitative estimate of drug-likeness (QED) is 0.747. The molecule has 1 aromatic rings. The second kappa shape index (κ2) is 4.19. The van der Waals surface area contributed by atoms with Crippen LogP contribution in [0.15, 0.2) is 18.2 Å². The molecular weight excluding hydrogens is 206 g/mol. The summed E-state index contributed by atoms with van der Waals surface area (Å²) in [6.45, 7) is 1.34. The molecule has 0 radical (unpaired) electrons. The summed E-state index contributed by atoms with van der Waals surface area (Å²) in [5, 5.41) is 11.8. The summed E-state index contributed by atoms with van der Waals surface area (Å²) in [4.78, 5) is 10.6. The summed E-state index contributed by atoms with van der Waals surface area (Å²) in [6, 6.07) is 4.79. The fourth-order valence-corrected chi connectivity index (χ4v) is 1.27. The lowest BCUT2D eigenvalue weighted by molar-refractivity contribution is 0.0697. The summed E-state index contributed by atoms with van der Waals surface area (Å²) in [7, 11) is 0. The molecule has 0 aromatic heterocycles. The van der Waals surface area contributed by atoms with Crippen LogP contribution in [0.1, 0.15) is 10.4 Å². The van der Waals surface area contributed by atoms with E-state index < -0.39 is 5.97 Å². The van der Waals surface area contributed by atoms with Crippen LogP contribution in [0.2, 0.25) is 0 Å². The van der Waals surface area contributed by atoms with E-state index in [9.17, 15) is 4.79 Å². The molecule has 0 unspecified atom stereocenters. The molecule has 1 heterocycles. The average Bonchev–Trinajstić information content (AvgIpc) is 2.17. The third-order valence-corrected chi connectivity index (χ3v) is 1.90. The minimum absolute atomic E-state index is 0. The number of rotatable bonds is 1. The number of carbonyl (C=O) groups is 1. The largest absolute Gasteiger partial charge is 0.490 e. The standard InChI is InChI=1S/C9H9NO3.ClH/c11-9(12)6-1-2-8-7(5-6)10-3-4-13-8;/h1-2,5,10H,3-4H2,(H,11,12);1H. The van der Waals surface area contributed by atoms with Gasteiger partial charge >= 0.3 is 5.97 Å². The maximum absolute atomic E-state index is 10.6. The first-order valence-electron chi connectivity index (χ1n) is 4.01. The van der Waals surface area contributed by atoms with Crippen LogP contribution in [-0.4, -0.2) is 24.2 Å². The van der Waals surface area contributed by atoms with E-state index in [4.69, 9.17) is 9.84 Å². The van der Waals surface area contributed by atoms with E-state index in [0.29, 0.717) is 6.61 Å². The molecule has 14 heavy (non-hydrogen) atoms. The molecule has 0 bridgehead atoms. The van der Waals surface area contributed by atoms with Gasteiger partial charge < -0.3 is 15.2 Å². The van der Waals surface area contributed by atoms with E-state index in [1.54, 1.807) is 12.1 Å². The highest BCUT2D eigenvalue weighted by atomic mass is 35.5. The number of carboxylic acids is 1. The smallest absolute Gasteiger partial charge is 0.335 e. The number of carboxylic acid groups (broad SMARTS) is 1. The summed E-state index contributed by atoms with van der Waals surface area (Å²) < 4.78 is 5.30. The molecule has 5 heteroatoms. The number of fused-ring (bicyclic) bond motifs is 1. The van der Waals surface area contributed by atoms with Crippen molar-refractivity contribution in [1.29, 1.82) is 0 Å². The Balaban J connectivity index is 0.000000980. The van der Waals surface area contributed by atoms with Crippen LogP contribution in [0.25, 0.3) is 0 Å². The maximum atomic E-state index is 10.6. The highest BCUT2D eigenvalue weighted by Crippen LogP contribution is 2.27. The Morgan fingerprint density at radius 3 is 3.00 bits per heavy atom. The van der Waals surface area contributed by atoms with E-state index in [-0.39, 0.29) is 18.0 Å². The number of nitrogens with one attached hydrogen (secondary N) is 1. The number of aromatic carboxylic acids is 1.